The summed E-state index contributed by atoms with van der Waals surface area (Å²) < 4.78 is 30.7. The van der Waals surface area contributed by atoms with Gasteiger partial charge < -0.3 is 4.52 Å². The minimum absolute atomic E-state index is 0.446. The molecule has 2 aromatic rings. The molecule has 0 radical (unpaired) electrons. The highest BCUT2D eigenvalue weighted by atomic mass is 32.2. The Labute approximate surface area is 108 Å². The highest BCUT2D eigenvalue weighted by Gasteiger charge is 2.07. The lowest BCUT2D eigenvalue weighted by atomic mass is 10.3. The van der Waals surface area contributed by atoms with Crippen LogP contribution < -0.4 is 0 Å². The largest absolute Gasteiger partial charge is 0.338 e. The summed E-state index contributed by atoms with van der Waals surface area (Å²) in [6.45, 7) is 2.03. The van der Waals surface area contributed by atoms with Gasteiger partial charge in [-0.3, -0.25) is 0 Å². The van der Waals surface area contributed by atoms with Crippen molar-refractivity contribution in [2.75, 3.05) is 0 Å². The number of thioether (sulfide) groups is 1. The van der Waals surface area contributed by atoms with Crippen molar-refractivity contribution in [3.63, 3.8) is 0 Å². The number of aryl methyl sites for hydroxylation is 1. The van der Waals surface area contributed by atoms with E-state index >= 15 is 0 Å². The van der Waals surface area contributed by atoms with Crippen LogP contribution in [0.1, 0.15) is 25.1 Å². The molecule has 0 unspecified atom stereocenters. The van der Waals surface area contributed by atoms with Crippen molar-refractivity contribution in [2.24, 2.45) is 0 Å². The van der Waals surface area contributed by atoms with E-state index in [1.165, 1.54) is 17.8 Å². The smallest absolute Gasteiger partial charge is 0.237 e. The first-order chi connectivity index (χ1) is 8.69. The maximum absolute atomic E-state index is 13.0. The van der Waals surface area contributed by atoms with Gasteiger partial charge in [0, 0.05) is 11.3 Å². The Balaban J connectivity index is 1.95. The Morgan fingerprint density at radius 2 is 2.11 bits per heavy atom. The maximum Gasteiger partial charge on any atom is 0.237 e. The Hall–Kier alpha value is -1.43. The molecule has 0 aliphatic rings. The van der Waals surface area contributed by atoms with E-state index in [0.717, 1.165) is 25.0 Å². The van der Waals surface area contributed by atoms with Gasteiger partial charge in [-0.2, -0.15) is 4.98 Å². The second-order valence-corrected chi connectivity index (χ2v) is 4.77. The van der Waals surface area contributed by atoms with E-state index in [2.05, 4.69) is 10.1 Å². The van der Waals surface area contributed by atoms with Gasteiger partial charge in [0.15, 0.2) is 17.5 Å². The third-order valence-corrected chi connectivity index (χ3v) is 3.22. The average Bonchev–Trinajstić information content (AvgIpc) is 2.79. The molecular formula is C12H12F2N2OS. The van der Waals surface area contributed by atoms with Gasteiger partial charge in [-0.1, -0.05) is 12.1 Å². The summed E-state index contributed by atoms with van der Waals surface area (Å²) in [5.41, 5.74) is 0. The van der Waals surface area contributed by atoms with Gasteiger partial charge in [-0.25, -0.2) is 8.78 Å². The summed E-state index contributed by atoms with van der Waals surface area (Å²) in [6.07, 6.45) is 1.73. The molecule has 6 heteroatoms. The lowest BCUT2D eigenvalue weighted by Gasteiger charge is -1.99. The monoisotopic (exact) mass is 270 g/mol. The quantitative estimate of drug-likeness (QED) is 0.778. The molecule has 0 saturated carbocycles. The van der Waals surface area contributed by atoms with E-state index in [1.54, 1.807) is 0 Å². The normalized spacial score (nSPS) is 10.8. The lowest BCUT2D eigenvalue weighted by molar-refractivity contribution is 0.384. The van der Waals surface area contributed by atoms with Gasteiger partial charge in [0.05, 0.1) is 5.75 Å². The zero-order chi connectivity index (χ0) is 13.0. The Morgan fingerprint density at radius 1 is 1.28 bits per heavy atom. The third-order valence-electron chi connectivity index (χ3n) is 2.24. The third kappa shape index (κ3) is 3.29. The summed E-state index contributed by atoms with van der Waals surface area (Å²) in [6, 6.07) is 3.78. The molecule has 0 atom stereocenters. The Bertz CT molecular complexity index is 531. The van der Waals surface area contributed by atoms with Crippen LogP contribution in [0, 0.1) is 11.6 Å². The van der Waals surface area contributed by atoms with E-state index in [9.17, 15) is 8.78 Å². The standard InChI is InChI=1S/C12H12F2N2OS/c1-2-3-11-15-12(17-16-11)7-18-8-4-5-9(13)10(14)6-8/h4-6H,2-3,7H2,1H3. The predicted octanol–water partition coefficient (Wildman–Crippen LogP) is 3.59. The van der Waals surface area contributed by atoms with E-state index in [0.29, 0.717) is 22.4 Å². The highest BCUT2D eigenvalue weighted by Crippen LogP contribution is 2.23. The molecule has 0 aliphatic heterocycles. The van der Waals surface area contributed by atoms with Crippen LogP contribution in [0.4, 0.5) is 8.78 Å². The average molecular weight is 270 g/mol. The molecule has 96 valence electrons. The van der Waals surface area contributed by atoms with Gasteiger partial charge in [0.2, 0.25) is 5.89 Å². The molecule has 0 saturated heterocycles. The molecule has 0 aliphatic carbocycles. The highest BCUT2D eigenvalue weighted by molar-refractivity contribution is 7.98. The molecule has 3 nitrogen and oxygen atoms in total. The summed E-state index contributed by atoms with van der Waals surface area (Å²) in [7, 11) is 0. The van der Waals surface area contributed by atoms with Gasteiger partial charge in [-0.15, -0.1) is 11.8 Å². The zero-order valence-corrected chi connectivity index (χ0v) is 10.6. The molecule has 1 aromatic carbocycles. The fourth-order valence-electron chi connectivity index (χ4n) is 1.39. The number of aromatic nitrogens is 2. The van der Waals surface area contributed by atoms with Crippen LogP contribution in [0.25, 0.3) is 0 Å². The summed E-state index contributed by atoms with van der Waals surface area (Å²) in [5.74, 6) is -0.0759. The van der Waals surface area contributed by atoms with Crippen molar-refractivity contribution in [3.8, 4) is 0 Å². The fraction of sp³-hybridized carbons (Fsp3) is 0.333. The van der Waals surface area contributed by atoms with Crippen molar-refractivity contribution in [1.82, 2.24) is 10.1 Å². The molecule has 0 amide bonds. The van der Waals surface area contributed by atoms with Gasteiger partial charge in [-0.05, 0) is 24.6 Å². The summed E-state index contributed by atoms with van der Waals surface area (Å²) >= 11 is 1.32. The number of benzene rings is 1. The van der Waals surface area contributed by atoms with Crippen molar-refractivity contribution in [3.05, 3.63) is 41.5 Å². The van der Waals surface area contributed by atoms with Crippen molar-refractivity contribution < 1.29 is 13.3 Å². The lowest BCUT2D eigenvalue weighted by Crippen LogP contribution is -1.87. The van der Waals surface area contributed by atoms with Crippen LogP contribution in [-0.2, 0) is 12.2 Å². The van der Waals surface area contributed by atoms with Crippen molar-refractivity contribution >= 4 is 11.8 Å². The second-order valence-electron chi connectivity index (χ2n) is 3.72. The summed E-state index contributed by atoms with van der Waals surface area (Å²) in [5, 5.41) is 3.82. The number of halogens is 2. The minimum atomic E-state index is -0.850. The second kappa shape index (κ2) is 5.95. The molecule has 0 bridgehead atoms. The van der Waals surface area contributed by atoms with Crippen LogP contribution in [0.5, 0.6) is 0 Å². The fourth-order valence-corrected chi connectivity index (χ4v) is 2.14. The van der Waals surface area contributed by atoms with Crippen molar-refractivity contribution in [2.45, 2.75) is 30.4 Å². The van der Waals surface area contributed by atoms with E-state index in [4.69, 9.17) is 4.52 Å². The van der Waals surface area contributed by atoms with E-state index < -0.39 is 11.6 Å². The molecule has 18 heavy (non-hydrogen) atoms. The van der Waals surface area contributed by atoms with Crippen LogP contribution in [-0.4, -0.2) is 10.1 Å². The first kappa shape index (κ1) is 13.0. The Kier molecular flexibility index (Phi) is 4.30. The van der Waals surface area contributed by atoms with Crippen LogP contribution >= 0.6 is 11.8 Å². The van der Waals surface area contributed by atoms with Crippen LogP contribution in [0.3, 0.4) is 0 Å². The first-order valence-electron chi connectivity index (χ1n) is 5.58. The molecule has 2 rings (SSSR count). The topological polar surface area (TPSA) is 38.9 Å². The molecule has 0 N–H and O–H groups in total. The number of hydrogen-bond acceptors (Lipinski definition) is 4. The molecule has 0 spiro atoms. The van der Waals surface area contributed by atoms with Crippen LogP contribution in [0.15, 0.2) is 27.6 Å². The van der Waals surface area contributed by atoms with Gasteiger partial charge >= 0.3 is 0 Å². The molecule has 1 heterocycles. The van der Waals surface area contributed by atoms with E-state index in [-0.39, 0.29) is 0 Å². The predicted molar refractivity (Wildman–Crippen MR) is 64.2 cm³/mol. The summed E-state index contributed by atoms with van der Waals surface area (Å²) in [4.78, 5) is 4.82. The molecular weight excluding hydrogens is 258 g/mol. The molecule has 0 fully saturated rings. The maximum atomic E-state index is 13.0. The number of rotatable bonds is 5. The number of nitrogens with zero attached hydrogens (tertiary/aromatic N) is 2. The molecule has 1 aromatic heterocycles. The van der Waals surface area contributed by atoms with Gasteiger partial charge in [0.25, 0.3) is 0 Å². The van der Waals surface area contributed by atoms with Gasteiger partial charge in [0.1, 0.15) is 0 Å². The van der Waals surface area contributed by atoms with E-state index in [1.807, 2.05) is 6.92 Å². The zero-order valence-electron chi connectivity index (χ0n) is 9.82. The number of hydrogen-bond donors (Lipinski definition) is 0. The Morgan fingerprint density at radius 3 is 2.83 bits per heavy atom. The van der Waals surface area contributed by atoms with Crippen LogP contribution in [0.2, 0.25) is 0 Å². The SMILES string of the molecule is CCCc1noc(CSc2ccc(F)c(F)c2)n1. The van der Waals surface area contributed by atoms with Crippen molar-refractivity contribution in [1.29, 1.82) is 0 Å². The minimum Gasteiger partial charge on any atom is -0.338 e. The first-order valence-corrected chi connectivity index (χ1v) is 6.57.